The lowest BCUT2D eigenvalue weighted by Crippen LogP contribution is -2.12. The van der Waals surface area contributed by atoms with E-state index in [-0.39, 0.29) is 0 Å². The number of thioether (sulfide) groups is 1. The van der Waals surface area contributed by atoms with Gasteiger partial charge < -0.3 is 15.5 Å². The third kappa shape index (κ3) is 4.59. The van der Waals surface area contributed by atoms with E-state index >= 15 is 0 Å². The van der Waals surface area contributed by atoms with Gasteiger partial charge in [-0.2, -0.15) is 0 Å². The highest BCUT2D eigenvalue weighted by Gasteiger charge is 2.05. The summed E-state index contributed by atoms with van der Waals surface area (Å²) in [6, 6.07) is 9.85. The third-order valence-corrected chi connectivity index (χ3v) is 3.42. The van der Waals surface area contributed by atoms with Crippen LogP contribution in [0, 0.1) is 0 Å². The molecule has 2 rings (SSSR count). The van der Waals surface area contributed by atoms with Crippen LogP contribution in [0.1, 0.15) is 12.7 Å². The zero-order valence-corrected chi connectivity index (χ0v) is 12.9. The molecule has 0 unspecified atom stereocenters. The number of aromatic nitrogens is 2. The highest BCUT2D eigenvalue weighted by molar-refractivity contribution is 7.98. The zero-order valence-electron chi connectivity index (χ0n) is 12.1. The minimum absolute atomic E-state index is 0.353. The van der Waals surface area contributed by atoms with Crippen LogP contribution in [0.2, 0.25) is 0 Å². The number of nitrogen functional groups attached to an aromatic ring is 1. The standard InChI is InChI=1S/C14H19N5OS/c1-3-20-9-14-17-12(8-13(18-14)19-15)16-10-5-4-6-11(7-10)21-2/h4-8H,3,9,15H2,1-2H3,(H2,16,17,18,19). The molecule has 2 aromatic rings. The van der Waals surface area contributed by atoms with E-state index in [0.717, 1.165) is 5.69 Å². The molecule has 1 aromatic carbocycles. The number of nitrogens with one attached hydrogen (secondary N) is 2. The molecule has 0 saturated heterocycles. The number of ether oxygens (including phenoxy) is 1. The molecule has 1 heterocycles. The summed E-state index contributed by atoms with van der Waals surface area (Å²) in [5, 5.41) is 3.25. The van der Waals surface area contributed by atoms with Gasteiger partial charge in [-0.25, -0.2) is 15.8 Å². The fourth-order valence-electron chi connectivity index (χ4n) is 1.74. The molecule has 7 heteroatoms. The molecule has 0 atom stereocenters. The Morgan fingerprint density at radius 3 is 2.76 bits per heavy atom. The minimum Gasteiger partial charge on any atom is -0.374 e. The van der Waals surface area contributed by atoms with Crippen molar-refractivity contribution in [3.8, 4) is 0 Å². The lowest BCUT2D eigenvalue weighted by molar-refractivity contribution is 0.128. The smallest absolute Gasteiger partial charge is 0.158 e. The first-order chi connectivity index (χ1) is 10.2. The van der Waals surface area contributed by atoms with Gasteiger partial charge in [-0.3, -0.25) is 0 Å². The van der Waals surface area contributed by atoms with Gasteiger partial charge in [0, 0.05) is 23.3 Å². The topological polar surface area (TPSA) is 85.1 Å². The number of rotatable bonds is 7. The van der Waals surface area contributed by atoms with E-state index in [0.29, 0.717) is 30.7 Å². The SMILES string of the molecule is CCOCc1nc(NN)cc(Nc2cccc(SC)c2)n1. The molecule has 112 valence electrons. The molecule has 0 saturated carbocycles. The van der Waals surface area contributed by atoms with Gasteiger partial charge in [0.25, 0.3) is 0 Å². The summed E-state index contributed by atoms with van der Waals surface area (Å²) in [5.41, 5.74) is 3.51. The van der Waals surface area contributed by atoms with Crippen LogP contribution in [-0.4, -0.2) is 22.8 Å². The summed E-state index contributed by atoms with van der Waals surface area (Å²) in [6.45, 7) is 2.89. The molecule has 21 heavy (non-hydrogen) atoms. The summed E-state index contributed by atoms with van der Waals surface area (Å²) in [7, 11) is 0. The lowest BCUT2D eigenvalue weighted by Gasteiger charge is -2.10. The highest BCUT2D eigenvalue weighted by atomic mass is 32.2. The van der Waals surface area contributed by atoms with Crippen molar-refractivity contribution in [3.05, 3.63) is 36.2 Å². The van der Waals surface area contributed by atoms with Crippen LogP contribution < -0.4 is 16.6 Å². The summed E-state index contributed by atoms with van der Waals surface area (Å²) < 4.78 is 5.34. The fourth-order valence-corrected chi connectivity index (χ4v) is 2.20. The number of anilines is 3. The molecule has 0 bridgehead atoms. The van der Waals surface area contributed by atoms with E-state index in [4.69, 9.17) is 10.6 Å². The highest BCUT2D eigenvalue weighted by Crippen LogP contribution is 2.22. The Balaban J connectivity index is 2.21. The monoisotopic (exact) mass is 305 g/mol. The summed E-state index contributed by atoms with van der Waals surface area (Å²) in [6.07, 6.45) is 2.04. The van der Waals surface area contributed by atoms with E-state index in [9.17, 15) is 0 Å². The molecule has 0 spiro atoms. The van der Waals surface area contributed by atoms with Crippen molar-refractivity contribution in [1.82, 2.24) is 9.97 Å². The molecule has 0 aliphatic rings. The summed E-state index contributed by atoms with van der Waals surface area (Å²) in [4.78, 5) is 9.85. The first-order valence-corrected chi connectivity index (χ1v) is 7.81. The largest absolute Gasteiger partial charge is 0.374 e. The second-order valence-electron chi connectivity index (χ2n) is 4.19. The first-order valence-electron chi connectivity index (χ1n) is 6.58. The molecule has 0 radical (unpaired) electrons. The lowest BCUT2D eigenvalue weighted by atomic mass is 10.3. The van der Waals surface area contributed by atoms with Crippen LogP contribution in [0.3, 0.4) is 0 Å². The Hall–Kier alpha value is -1.83. The predicted octanol–water partition coefficient (Wildman–Crippen LogP) is 2.76. The Morgan fingerprint density at radius 1 is 1.24 bits per heavy atom. The van der Waals surface area contributed by atoms with Crippen molar-refractivity contribution >= 4 is 29.1 Å². The van der Waals surface area contributed by atoms with Crippen molar-refractivity contribution in [2.24, 2.45) is 5.84 Å². The maximum Gasteiger partial charge on any atom is 0.158 e. The van der Waals surface area contributed by atoms with Gasteiger partial charge >= 0.3 is 0 Å². The van der Waals surface area contributed by atoms with Gasteiger partial charge in [-0.05, 0) is 31.4 Å². The number of hydrogen-bond donors (Lipinski definition) is 3. The van der Waals surface area contributed by atoms with E-state index in [1.54, 1.807) is 17.8 Å². The van der Waals surface area contributed by atoms with Crippen LogP contribution >= 0.6 is 11.8 Å². The second-order valence-corrected chi connectivity index (χ2v) is 5.07. The Kier molecular flexibility index (Phi) is 5.79. The average molecular weight is 305 g/mol. The Labute approximate surface area is 128 Å². The van der Waals surface area contributed by atoms with Crippen molar-refractivity contribution in [1.29, 1.82) is 0 Å². The van der Waals surface area contributed by atoms with Gasteiger partial charge in [-0.1, -0.05) is 6.07 Å². The summed E-state index contributed by atoms with van der Waals surface area (Å²) in [5.74, 6) is 7.24. The zero-order chi connectivity index (χ0) is 15.1. The second kappa shape index (κ2) is 7.82. The van der Waals surface area contributed by atoms with Crippen LogP contribution in [0.15, 0.2) is 35.2 Å². The van der Waals surface area contributed by atoms with Crippen molar-refractivity contribution in [2.75, 3.05) is 23.6 Å². The quantitative estimate of drug-likeness (QED) is 0.412. The fraction of sp³-hybridized carbons (Fsp3) is 0.286. The minimum atomic E-state index is 0.353. The molecule has 0 fully saturated rings. The van der Waals surface area contributed by atoms with E-state index < -0.39 is 0 Å². The third-order valence-electron chi connectivity index (χ3n) is 2.70. The molecular formula is C14H19N5OS. The maximum atomic E-state index is 5.44. The molecule has 0 aliphatic carbocycles. The number of hydrogen-bond acceptors (Lipinski definition) is 7. The number of benzene rings is 1. The number of hydrazine groups is 1. The predicted molar refractivity (Wildman–Crippen MR) is 86.7 cm³/mol. The first kappa shape index (κ1) is 15.6. The van der Waals surface area contributed by atoms with E-state index in [2.05, 4.69) is 32.8 Å². The van der Waals surface area contributed by atoms with Gasteiger partial charge in [0.15, 0.2) is 5.82 Å². The van der Waals surface area contributed by atoms with Crippen LogP contribution in [0.25, 0.3) is 0 Å². The van der Waals surface area contributed by atoms with E-state index in [1.165, 1.54) is 4.90 Å². The molecule has 0 aliphatic heterocycles. The van der Waals surface area contributed by atoms with Gasteiger partial charge in [0.05, 0.1) is 0 Å². The van der Waals surface area contributed by atoms with Crippen molar-refractivity contribution in [2.45, 2.75) is 18.4 Å². The van der Waals surface area contributed by atoms with Gasteiger partial charge in [0.1, 0.15) is 18.2 Å². The van der Waals surface area contributed by atoms with Crippen LogP contribution in [0.5, 0.6) is 0 Å². The molecular weight excluding hydrogens is 286 g/mol. The summed E-state index contributed by atoms with van der Waals surface area (Å²) >= 11 is 1.69. The van der Waals surface area contributed by atoms with Crippen LogP contribution in [-0.2, 0) is 11.3 Å². The van der Waals surface area contributed by atoms with Crippen molar-refractivity contribution < 1.29 is 4.74 Å². The molecule has 4 N–H and O–H groups in total. The Bertz CT molecular complexity index is 593. The number of nitrogens with zero attached hydrogens (tertiary/aromatic N) is 2. The maximum absolute atomic E-state index is 5.44. The van der Waals surface area contributed by atoms with Gasteiger partial charge in [0.2, 0.25) is 0 Å². The van der Waals surface area contributed by atoms with Gasteiger partial charge in [-0.15, -0.1) is 11.8 Å². The average Bonchev–Trinajstić information content (AvgIpc) is 2.52. The van der Waals surface area contributed by atoms with Crippen molar-refractivity contribution in [3.63, 3.8) is 0 Å². The van der Waals surface area contributed by atoms with E-state index in [1.807, 2.05) is 25.3 Å². The molecule has 6 nitrogen and oxygen atoms in total. The molecule has 0 amide bonds. The molecule has 1 aromatic heterocycles. The number of nitrogens with two attached hydrogens (primary N) is 1. The van der Waals surface area contributed by atoms with Crippen LogP contribution in [0.4, 0.5) is 17.3 Å². The Morgan fingerprint density at radius 2 is 2.05 bits per heavy atom. The normalized spacial score (nSPS) is 10.4.